The van der Waals surface area contributed by atoms with Crippen LogP contribution >= 0.6 is 0 Å². The van der Waals surface area contributed by atoms with Crippen LogP contribution in [0.25, 0.3) is 11.0 Å². The average Bonchev–Trinajstić information content (AvgIpc) is 2.99. The summed E-state index contributed by atoms with van der Waals surface area (Å²) in [6, 6.07) is 23.4. The smallest absolute Gasteiger partial charge is 0.338 e. The van der Waals surface area contributed by atoms with E-state index in [2.05, 4.69) is 5.32 Å². The highest BCUT2D eigenvalue weighted by atomic mass is 16.8. The van der Waals surface area contributed by atoms with Gasteiger partial charge in [-0.15, -0.1) is 0 Å². The van der Waals surface area contributed by atoms with Crippen LogP contribution in [0.2, 0.25) is 0 Å². The van der Waals surface area contributed by atoms with Crippen molar-refractivity contribution in [3.8, 4) is 5.75 Å². The van der Waals surface area contributed by atoms with Gasteiger partial charge in [-0.05, 0) is 36.8 Å². The van der Waals surface area contributed by atoms with Crippen LogP contribution in [0.1, 0.15) is 34.7 Å². The molecule has 0 saturated carbocycles. The molecule has 10 heteroatoms. The normalized spacial score (nSPS) is 25.3. The Morgan fingerprint density at radius 1 is 0.929 bits per heavy atom. The van der Waals surface area contributed by atoms with Crippen LogP contribution in [0.15, 0.2) is 94.1 Å². The number of amides is 1. The summed E-state index contributed by atoms with van der Waals surface area (Å²) in [6.45, 7) is 3.28. The van der Waals surface area contributed by atoms with E-state index in [1.165, 1.54) is 13.0 Å². The number of aryl methyl sites for hydroxylation is 1. The molecule has 2 saturated heterocycles. The van der Waals surface area contributed by atoms with E-state index in [0.29, 0.717) is 16.9 Å². The fourth-order valence-corrected chi connectivity index (χ4v) is 5.26. The molecule has 2 fully saturated rings. The Morgan fingerprint density at radius 2 is 1.67 bits per heavy atom. The summed E-state index contributed by atoms with van der Waals surface area (Å²) in [5.41, 5.74) is 1.74. The number of fused-ring (bicyclic) bond motifs is 2. The SMILES string of the molecule is CC(=O)N[C@H]1[C@@H](Oc2ccc3c(C)cc(=O)oc3c2)O[C@@H]2COC(c3ccccc3)O[C@@H]2[C@@H]1OC(=O)c1ccccc1. The molecule has 1 amide bonds. The first-order chi connectivity index (χ1) is 20.4. The Labute approximate surface area is 241 Å². The summed E-state index contributed by atoms with van der Waals surface area (Å²) < 4.78 is 36.3. The molecule has 10 nitrogen and oxygen atoms in total. The average molecular weight is 572 g/mol. The number of ether oxygens (including phenoxy) is 5. The van der Waals surface area contributed by atoms with E-state index in [-0.39, 0.29) is 12.5 Å². The highest BCUT2D eigenvalue weighted by Gasteiger charge is 2.53. The van der Waals surface area contributed by atoms with Gasteiger partial charge in [-0.3, -0.25) is 4.79 Å². The van der Waals surface area contributed by atoms with Crippen molar-refractivity contribution in [3.05, 3.63) is 112 Å². The molecule has 0 radical (unpaired) electrons. The van der Waals surface area contributed by atoms with Crippen LogP contribution in [0.3, 0.4) is 0 Å². The number of hydrogen-bond acceptors (Lipinski definition) is 9. The molecule has 42 heavy (non-hydrogen) atoms. The molecule has 4 aromatic rings. The third-order valence-corrected chi connectivity index (χ3v) is 7.21. The van der Waals surface area contributed by atoms with Crippen molar-refractivity contribution >= 4 is 22.8 Å². The van der Waals surface area contributed by atoms with E-state index < -0.39 is 48.5 Å². The number of carbonyl (C=O) groups is 2. The summed E-state index contributed by atoms with van der Waals surface area (Å²) in [5, 5.41) is 3.59. The Balaban J connectivity index is 1.34. The van der Waals surface area contributed by atoms with Gasteiger partial charge in [0.1, 0.15) is 29.6 Å². The lowest BCUT2D eigenvalue weighted by atomic mass is 9.95. The highest BCUT2D eigenvalue weighted by molar-refractivity contribution is 5.89. The standard InChI is InChI=1S/C32H29NO9/c1-18-15-26(35)39-24-16-22(13-14-23(18)24)38-32-27(33-19(2)34)29(41-30(36)20-9-5-3-6-10-20)28-25(40-32)17-37-31(42-28)21-11-7-4-8-12-21/h3-16,25,27-29,31-32H,17H2,1-2H3,(H,33,34)/t25-,27-,28+,29-,31?,32+/m1/s1. The quantitative estimate of drug-likeness (QED) is 0.270. The number of benzene rings is 3. The van der Waals surface area contributed by atoms with Crippen molar-refractivity contribution < 1.29 is 37.7 Å². The van der Waals surface area contributed by atoms with Crippen molar-refractivity contribution in [1.82, 2.24) is 5.32 Å². The Kier molecular flexibility index (Phi) is 7.75. The molecular weight excluding hydrogens is 542 g/mol. The van der Waals surface area contributed by atoms with Gasteiger partial charge in [0.05, 0.1) is 12.2 Å². The van der Waals surface area contributed by atoms with Crippen molar-refractivity contribution in [2.24, 2.45) is 0 Å². The van der Waals surface area contributed by atoms with Crippen LogP contribution in [-0.2, 0) is 23.7 Å². The van der Waals surface area contributed by atoms with E-state index in [1.807, 2.05) is 37.3 Å². The third-order valence-electron chi connectivity index (χ3n) is 7.21. The summed E-state index contributed by atoms with van der Waals surface area (Å²) in [7, 11) is 0. The summed E-state index contributed by atoms with van der Waals surface area (Å²) in [6.07, 6.45) is -4.37. The molecule has 1 N–H and O–H groups in total. The lowest BCUT2D eigenvalue weighted by molar-refractivity contribution is -0.333. The van der Waals surface area contributed by atoms with Gasteiger partial charge in [0.25, 0.3) is 0 Å². The summed E-state index contributed by atoms with van der Waals surface area (Å²) in [4.78, 5) is 37.7. The Bertz CT molecular complexity index is 1640. The molecule has 0 spiro atoms. The first kappa shape index (κ1) is 27.6. The molecule has 3 aromatic carbocycles. The molecule has 216 valence electrons. The maximum absolute atomic E-state index is 13.3. The number of nitrogens with one attached hydrogen (secondary N) is 1. The van der Waals surface area contributed by atoms with Crippen LogP contribution in [0.5, 0.6) is 5.75 Å². The van der Waals surface area contributed by atoms with Gasteiger partial charge < -0.3 is 33.4 Å². The number of esters is 1. The zero-order valence-electron chi connectivity index (χ0n) is 22.9. The molecule has 1 unspecified atom stereocenters. The minimum atomic E-state index is -1.11. The van der Waals surface area contributed by atoms with Crippen molar-refractivity contribution in [1.29, 1.82) is 0 Å². The lowest BCUT2D eigenvalue weighted by Gasteiger charge is -2.48. The largest absolute Gasteiger partial charge is 0.462 e. The highest BCUT2D eigenvalue weighted by Crippen LogP contribution is 2.37. The first-order valence-electron chi connectivity index (χ1n) is 13.6. The maximum Gasteiger partial charge on any atom is 0.338 e. The van der Waals surface area contributed by atoms with Crippen molar-refractivity contribution in [3.63, 3.8) is 0 Å². The van der Waals surface area contributed by atoms with Gasteiger partial charge in [0, 0.05) is 30.0 Å². The molecule has 0 aliphatic carbocycles. The van der Waals surface area contributed by atoms with Crippen molar-refractivity contribution in [2.45, 2.75) is 50.8 Å². The second kappa shape index (κ2) is 11.8. The molecule has 6 rings (SSSR count). The zero-order chi connectivity index (χ0) is 29.2. The van der Waals surface area contributed by atoms with E-state index in [0.717, 1.165) is 16.5 Å². The molecule has 3 heterocycles. The third kappa shape index (κ3) is 5.78. The first-order valence-corrected chi connectivity index (χ1v) is 13.6. The second-order valence-corrected chi connectivity index (χ2v) is 10.2. The van der Waals surface area contributed by atoms with Crippen LogP contribution in [0.4, 0.5) is 0 Å². The van der Waals surface area contributed by atoms with Crippen LogP contribution in [0, 0.1) is 6.92 Å². The van der Waals surface area contributed by atoms with Crippen LogP contribution < -0.4 is 15.7 Å². The maximum atomic E-state index is 13.3. The fourth-order valence-electron chi connectivity index (χ4n) is 5.26. The molecule has 2 aliphatic rings. The van der Waals surface area contributed by atoms with E-state index >= 15 is 0 Å². The van der Waals surface area contributed by atoms with Gasteiger partial charge in [-0.25, -0.2) is 9.59 Å². The van der Waals surface area contributed by atoms with Gasteiger partial charge in [-0.2, -0.15) is 0 Å². The predicted octanol–water partition coefficient (Wildman–Crippen LogP) is 4.05. The number of hydrogen-bond donors (Lipinski definition) is 1. The number of carbonyl (C=O) groups excluding carboxylic acids is 2. The van der Waals surface area contributed by atoms with E-state index in [9.17, 15) is 14.4 Å². The van der Waals surface area contributed by atoms with Crippen molar-refractivity contribution in [2.75, 3.05) is 6.61 Å². The van der Waals surface area contributed by atoms with Gasteiger partial charge in [-0.1, -0.05) is 48.5 Å². The molecule has 2 aliphatic heterocycles. The Hall–Kier alpha value is -4.51. The van der Waals surface area contributed by atoms with Gasteiger partial charge in [0.15, 0.2) is 12.4 Å². The monoisotopic (exact) mass is 571 g/mol. The summed E-state index contributed by atoms with van der Waals surface area (Å²) in [5.74, 6) is -0.657. The zero-order valence-corrected chi connectivity index (χ0v) is 22.9. The van der Waals surface area contributed by atoms with Gasteiger partial charge in [0.2, 0.25) is 12.2 Å². The molecule has 6 atom stereocenters. The lowest BCUT2D eigenvalue weighted by Crippen LogP contribution is -2.68. The minimum Gasteiger partial charge on any atom is -0.462 e. The Morgan fingerprint density at radius 3 is 2.40 bits per heavy atom. The summed E-state index contributed by atoms with van der Waals surface area (Å²) >= 11 is 0. The number of rotatable bonds is 6. The fraction of sp³-hybridized carbons (Fsp3) is 0.281. The molecule has 1 aromatic heterocycles. The van der Waals surface area contributed by atoms with Gasteiger partial charge >= 0.3 is 11.6 Å². The second-order valence-electron chi connectivity index (χ2n) is 10.2. The topological polar surface area (TPSA) is 123 Å². The van der Waals surface area contributed by atoms with Crippen LogP contribution in [-0.4, -0.2) is 49.1 Å². The molecule has 0 bridgehead atoms. The molecular formula is C32H29NO9. The minimum absolute atomic E-state index is 0.113. The predicted molar refractivity (Wildman–Crippen MR) is 150 cm³/mol. The van der Waals surface area contributed by atoms with E-state index in [4.69, 9.17) is 28.1 Å². The van der Waals surface area contributed by atoms with E-state index in [1.54, 1.807) is 48.5 Å².